The molecule has 0 fully saturated rings. The van der Waals surface area contributed by atoms with Crippen LogP contribution in [0.1, 0.15) is 33.4 Å². The van der Waals surface area contributed by atoms with Crippen LogP contribution in [-0.2, 0) is 0 Å². The third-order valence-electron chi connectivity index (χ3n) is 3.81. The number of furan rings is 1. The lowest BCUT2D eigenvalue weighted by Gasteiger charge is -2.06. The highest BCUT2D eigenvalue weighted by Gasteiger charge is 2.10. The topological polar surface area (TPSA) is 83.7 Å². The Morgan fingerprint density at radius 3 is 2.29 bits per heavy atom. The van der Waals surface area contributed by atoms with Crippen LogP contribution in [-0.4, -0.2) is 17.5 Å². The number of hydrogen-bond acceptors (Lipinski definition) is 4. The number of hydrogen-bond donors (Lipinski definition) is 2. The standard InChI is InChI=1S/C20H15Cl2N3O3/c1-12(24-25-19(26)14-6-9-16(21)17(22)11-14)13-4-7-15(8-5-13)23-20(27)18-3-2-10-28-18/h2-11H,1H3,(H,23,27)(H,25,26). The predicted octanol–water partition coefficient (Wildman–Crippen LogP) is 4.99. The van der Waals surface area contributed by atoms with E-state index in [1.807, 2.05) is 0 Å². The molecule has 0 unspecified atom stereocenters. The van der Waals surface area contributed by atoms with E-state index < -0.39 is 5.91 Å². The van der Waals surface area contributed by atoms with E-state index in [-0.39, 0.29) is 11.7 Å². The van der Waals surface area contributed by atoms with Gasteiger partial charge in [-0.25, -0.2) is 5.43 Å². The molecule has 6 nitrogen and oxygen atoms in total. The minimum Gasteiger partial charge on any atom is -0.459 e. The third kappa shape index (κ3) is 4.79. The molecule has 0 aliphatic rings. The molecule has 0 saturated carbocycles. The lowest BCUT2D eigenvalue weighted by Crippen LogP contribution is -2.19. The first-order valence-electron chi connectivity index (χ1n) is 8.19. The predicted molar refractivity (Wildman–Crippen MR) is 109 cm³/mol. The van der Waals surface area contributed by atoms with Crippen LogP contribution < -0.4 is 10.7 Å². The van der Waals surface area contributed by atoms with Crippen molar-refractivity contribution in [2.24, 2.45) is 5.10 Å². The Morgan fingerprint density at radius 2 is 1.64 bits per heavy atom. The number of nitrogens with zero attached hydrogens (tertiary/aromatic N) is 1. The average molecular weight is 416 g/mol. The molecule has 3 aromatic rings. The summed E-state index contributed by atoms with van der Waals surface area (Å²) in [5.74, 6) is -0.510. The number of carbonyl (C=O) groups excluding carboxylic acids is 2. The Bertz CT molecular complexity index is 1030. The fourth-order valence-electron chi connectivity index (χ4n) is 2.30. The van der Waals surface area contributed by atoms with Crippen molar-refractivity contribution in [3.05, 3.63) is 87.8 Å². The van der Waals surface area contributed by atoms with Gasteiger partial charge in [0, 0.05) is 11.3 Å². The zero-order valence-corrected chi connectivity index (χ0v) is 16.2. The molecule has 8 heteroatoms. The van der Waals surface area contributed by atoms with E-state index in [9.17, 15) is 9.59 Å². The molecule has 2 amide bonds. The quantitative estimate of drug-likeness (QED) is 0.454. The van der Waals surface area contributed by atoms with E-state index in [0.717, 1.165) is 5.56 Å². The maximum absolute atomic E-state index is 12.2. The van der Waals surface area contributed by atoms with Crippen LogP contribution in [0.5, 0.6) is 0 Å². The highest BCUT2D eigenvalue weighted by molar-refractivity contribution is 6.42. The first-order valence-corrected chi connectivity index (χ1v) is 8.94. The van der Waals surface area contributed by atoms with E-state index >= 15 is 0 Å². The Labute approximate surface area is 171 Å². The largest absolute Gasteiger partial charge is 0.459 e. The van der Waals surface area contributed by atoms with E-state index in [2.05, 4.69) is 15.8 Å². The molecule has 2 aromatic carbocycles. The number of hydrazone groups is 1. The molecule has 1 heterocycles. The van der Waals surface area contributed by atoms with Gasteiger partial charge < -0.3 is 9.73 Å². The summed E-state index contributed by atoms with van der Waals surface area (Å²) in [5, 5.41) is 7.49. The van der Waals surface area contributed by atoms with Gasteiger partial charge in [-0.3, -0.25) is 9.59 Å². The second-order valence-corrected chi connectivity index (χ2v) is 6.59. The van der Waals surface area contributed by atoms with Gasteiger partial charge in [0.05, 0.1) is 22.0 Å². The van der Waals surface area contributed by atoms with Gasteiger partial charge >= 0.3 is 0 Å². The summed E-state index contributed by atoms with van der Waals surface area (Å²) < 4.78 is 5.05. The lowest BCUT2D eigenvalue weighted by molar-refractivity contribution is 0.0953. The molecule has 28 heavy (non-hydrogen) atoms. The SMILES string of the molecule is CC(=NNC(=O)c1ccc(Cl)c(Cl)c1)c1ccc(NC(=O)c2ccco2)cc1. The highest BCUT2D eigenvalue weighted by Crippen LogP contribution is 2.22. The minimum atomic E-state index is -0.403. The molecule has 0 aliphatic heterocycles. The number of anilines is 1. The minimum absolute atomic E-state index is 0.229. The fraction of sp³-hybridized carbons (Fsp3) is 0.0500. The van der Waals surface area contributed by atoms with Gasteiger partial charge in [0.25, 0.3) is 11.8 Å². The van der Waals surface area contributed by atoms with Crippen molar-refractivity contribution < 1.29 is 14.0 Å². The average Bonchev–Trinajstić information content (AvgIpc) is 3.23. The molecule has 0 bridgehead atoms. The van der Waals surface area contributed by atoms with Crippen LogP contribution >= 0.6 is 23.2 Å². The summed E-state index contributed by atoms with van der Waals surface area (Å²) in [6.45, 7) is 1.76. The van der Waals surface area contributed by atoms with Crippen molar-refractivity contribution in [3.8, 4) is 0 Å². The molecule has 1 aromatic heterocycles. The summed E-state index contributed by atoms with van der Waals surface area (Å²) >= 11 is 11.8. The molecular formula is C20H15Cl2N3O3. The van der Waals surface area contributed by atoms with Crippen molar-refractivity contribution in [2.75, 3.05) is 5.32 Å². The number of amides is 2. The van der Waals surface area contributed by atoms with Gasteiger partial charge in [-0.2, -0.15) is 5.10 Å². The summed E-state index contributed by atoms with van der Waals surface area (Å²) in [7, 11) is 0. The van der Waals surface area contributed by atoms with E-state index in [1.165, 1.54) is 12.3 Å². The number of carbonyl (C=O) groups is 2. The van der Waals surface area contributed by atoms with Crippen LogP contribution in [0.15, 0.2) is 70.4 Å². The normalized spacial score (nSPS) is 11.2. The van der Waals surface area contributed by atoms with Crippen molar-refractivity contribution >= 4 is 46.4 Å². The van der Waals surface area contributed by atoms with Gasteiger partial charge in [0.15, 0.2) is 5.76 Å². The molecular weight excluding hydrogens is 401 g/mol. The van der Waals surface area contributed by atoms with Gasteiger partial charge in [-0.15, -0.1) is 0 Å². The van der Waals surface area contributed by atoms with Gasteiger partial charge in [0.2, 0.25) is 0 Å². The first-order chi connectivity index (χ1) is 13.4. The number of nitrogens with one attached hydrogen (secondary N) is 2. The molecule has 142 valence electrons. The Balaban J connectivity index is 1.63. The summed E-state index contributed by atoms with van der Waals surface area (Å²) in [5.41, 5.74) is 4.81. The van der Waals surface area contributed by atoms with Gasteiger partial charge in [-0.1, -0.05) is 35.3 Å². The number of benzene rings is 2. The summed E-state index contributed by atoms with van der Waals surface area (Å²) in [6, 6.07) is 14.8. The molecule has 0 atom stereocenters. The van der Waals surface area contributed by atoms with Crippen molar-refractivity contribution in [3.63, 3.8) is 0 Å². The number of rotatable bonds is 5. The second-order valence-electron chi connectivity index (χ2n) is 5.78. The molecule has 0 radical (unpaired) electrons. The third-order valence-corrected chi connectivity index (χ3v) is 4.55. The molecule has 0 aliphatic carbocycles. The van der Waals surface area contributed by atoms with Crippen LogP contribution in [0.4, 0.5) is 5.69 Å². The smallest absolute Gasteiger partial charge is 0.291 e. The second kappa shape index (κ2) is 8.73. The van der Waals surface area contributed by atoms with Crippen LogP contribution in [0, 0.1) is 0 Å². The van der Waals surface area contributed by atoms with Crippen LogP contribution in [0.2, 0.25) is 10.0 Å². The lowest BCUT2D eigenvalue weighted by atomic mass is 10.1. The zero-order chi connectivity index (χ0) is 20.1. The molecule has 2 N–H and O–H groups in total. The fourth-order valence-corrected chi connectivity index (χ4v) is 2.59. The highest BCUT2D eigenvalue weighted by atomic mass is 35.5. The summed E-state index contributed by atoms with van der Waals surface area (Å²) in [4.78, 5) is 24.1. The molecule has 0 saturated heterocycles. The van der Waals surface area contributed by atoms with Crippen molar-refractivity contribution in [1.82, 2.24) is 5.43 Å². The van der Waals surface area contributed by atoms with E-state index in [0.29, 0.717) is 27.0 Å². The molecule has 3 rings (SSSR count). The maximum atomic E-state index is 12.2. The zero-order valence-electron chi connectivity index (χ0n) is 14.7. The Hall–Kier alpha value is -3.09. The van der Waals surface area contributed by atoms with Gasteiger partial charge in [-0.05, 0) is 55.0 Å². The maximum Gasteiger partial charge on any atom is 0.291 e. The van der Waals surface area contributed by atoms with Crippen molar-refractivity contribution in [2.45, 2.75) is 6.92 Å². The Kier molecular flexibility index (Phi) is 6.13. The monoisotopic (exact) mass is 415 g/mol. The Morgan fingerprint density at radius 1 is 0.929 bits per heavy atom. The summed E-state index contributed by atoms with van der Waals surface area (Å²) in [6.07, 6.45) is 1.43. The van der Waals surface area contributed by atoms with Gasteiger partial charge in [0.1, 0.15) is 0 Å². The first kappa shape index (κ1) is 19.7. The van der Waals surface area contributed by atoms with E-state index in [4.69, 9.17) is 27.6 Å². The van der Waals surface area contributed by atoms with E-state index in [1.54, 1.807) is 55.5 Å². The van der Waals surface area contributed by atoms with Crippen LogP contribution in [0.3, 0.4) is 0 Å². The number of halogens is 2. The van der Waals surface area contributed by atoms with Crippen LogP contribution in [0.25, 0.3) is 0 Å². The van der Waals surface area contributed by atoms with Crippen molar-refractivity contribution in [1.29, 1.82) is 0 Å². The molecule has 0 spiro atoms.